The van der Waals surface area contributed by atoms with Gasteiger partial charge in [0.2, 0.25) is 5.91 Å². The minimum atomic E-state index is -0.0966. The summed E-state index contributed by atoms with van der Waals surface area (Å²) >= 11 is 0. The van der Waals surface area contributed by atoms with Crippen molar-refractivity contribution in [2.45, 2.75) is 27.2 Å². The monoisotopic (exact) mass is 249 g/mol. The molecule has 0 heterocycles. The summed E-state index contributed by atoms with van der Waals surface area (Å²) in [6, 6.07) is 6.93. The molecule has 0 saturated carbocycles. The number of rotatable bonds is 3. The fourth-order valence-corrected chi connectivity index (χ4v) is 1.55. The standard InChI is InChI=1S/C13H19N3O2/c1-13(2,3)8-11(17)15-10-7-5-4-6-9(10)12(14)16-18/h4-7,18H,8H2,1-3H3,(H2,14,16)(H,15,17). The largest absolute Gasteiger partial charge is 0.409 e. The number of hydrogen-bond acceptors (Lipinski definition) is 3. The predicted molar refractivity (Wildman–Crippen MR) is 71.7 cm³/mol. The van der Waals surface area contributed by atoms with Gasteiger partial charge in [-0.1, -0.05) is 38.1 Å². The number of oxime groups is 1. The lowest BCUT2D eigenvalue weighted by molar-refractivity contribution is -0.117. The maximum absolute atomic E-state index is 11.8. The summed E-state index contributed by atoms with van der Waals surface area (Å²) in [5, 5.41) is 14.4. The quantitative estimate of drug-likeness (QED) is 0.332. The van der Waals surface area contributed by atoms with Crippen molar-refractivity contribution in [1.29, 1.82) is 0 Å². The number of amides is 1. The number of amidine groups is 1. The highest BCUT2D eigenvalue weighted by Crippen LogP contribution is 2.21. The highest BCUT2D eigenvalue weighted by molar-refractivity contribution is 6.05. The second kappa shape index (κ2) is 5.53. The normalized spacial score (nSPS) is 12.3. The van der Waals surface area contributed by atoms with Crippen LogP contribution in [0.4, 0.5) is 5.69 Å². The third kappa shape index (κ3) is 4.08. The van der Waals surface area contributed by atoms with Crippen LogP contribution in [0.5, 0.6) is 0 Å². The molecule has 0 fully saturated rings. The Morgan fingerprint density at radius 2 is 2.00 bits per heavy atom. The fourth-order valence-electron chi connectivity index (χ4n) is 1.55. The summed E-state index contributed by atoms with van der Waals surface area (Å²) < 4.78 is 0. The van der Waals surface area contributed by atoms with E-state index in [9.17, 15) is 4.79 Å². The number of hydrogen-bond donors (Lipinski definition) is 3. The number of benzene rings is 1. The summed E-state index contributed by atoms with van der Waals surface area (Å²) in [5.74, 6) is -0.123. The first-order chi connectivity index (χ1) is 8.33. The molecule has 0 aliphatic heterocycles. The molecule has 0 spiro atoms. The summed E-state index contributed by atoms with van der Waals surface area (Å²) in [6.45, 7) is 5.96. The van der Waals surface area contributed by atoms with Gasteiger partial charge in [-0.3, -0.25) is 4.79 Å². The summed E-state index contributed by atoms with van der Waals surface area (Å²) in [6.07, 6.45) is 0.400. The number of para-hydroxylation sites is 1. The zero-order chi connectivity index (χ0) is 13.8. The Labute approximate surface area is 107 Å². The highest BCUT2D eigenvalue weighted by Gasteiger charge is 2.17. The number of carbonyl (C=O) groups is 1. The molecule has 1 rings (SSSR count). The first-order valence-electron chi connectivity index (χ1n) is 5.70. The lowest BCUT2D eigenvalue weighted by atomic mass is 9.92. The third-order valence-electron chi connectivity index (χ3n) is 2.28. The fraction of sp³-hybridized carbons (Fsp3) is 0.385. The molecule has 0 bridgehead atoms. The van der Waals surface area contributed by atoms with E-state index in [2.05, 4.69) is 10.5 Å². The molecule has 0 aromatic heterocycles. The molecule has 18 heavy (non-hydrogen) atoms. The number of carbonyl (C=O) groups excluding carboxylic acids is 1. The first kappa shape index (κ1) is 14.0. The van der Waals surface area contributed by atoms with Gasteiger partial charge in [0.1, 0.15) is 0 Å². The second-order valence-corrected chi connectivity index (χ2v) is 5.32. The molecule has 0 atom stereocenters. The van der Waals surface area contributed by atoms with Gasteiger partial charge < -0.3 is 16.3 Å². The zero-order valence-corrected chi connectivity index (χ0v) is 10.9. The zero-order valence-electron chi connectivity index (χ0n) is 10.9. The Kier molecular flexibility index (Phi) is 4.31. The molecule has 1 aromatic carbocycles. The van der Waals surface area contributed by atoms with Gasteiger partial charge in [0.15, 0.2) is 5.84 Å². The molecule has 0 aliphatic rings. The maximum atomic E-state index is 11.8. The van der Waals surface area contributed by atoms with Crippen LogP contribution in [0.25, 0.3) is 0 Å². The minimum Gasteiger partial charge on any atom is -0.409 e. The summed E-state index contributed by atoms with van der Waals surface area (Å²) in [7, 11) is 0. The van der Waals surface area contributed by atoms with Crippen LogP contribution in [0.1, 0.15) is 32.8 Å². The van der Waals surface area contributed by atoms with E-state index in [1.807, 2.05) is 20.8 Å². The molecular formula is C13H19N3O2. The molecule has 0 saturated heterocycles. The van der Waals surface area contributed by atoms with Gasteiger partial charge in [-0.2, -0.15) is 0 Å². The molecule has 1 amide bonds. The Balaban J connectivity index is 2.88. The highest BCUT2D eigenvalue weighted by atomic mass is 16.4. The van der Waals surface area contributed by atoms with Crippen molar-refractivity contribution >= 4 is 17.4 Å². The van der Waals surface area contributed by atoms with Crippen molar-refractivity contribution < 1.29 is 10.0 Å². The van der Waals surface area contributed by atoms with Crippen molar-refractivity contribution in [3.63, 3.8) is 0 Å². The molecular weight excluding hydrogens is 230 g/mol. The molecule has 98 valence electrons. The Bertz CT molecular complexity index is 462. The predicted octanol–water partition coefficient (Wildman–Crippen LogP) is 2.16. The van der Waals surface area contributed by atoms with Crippen LogP contribution in [-0.4, -0.2) is 17.0 Å². The average molecular weight is 249 g/mol. The molecule has 4 N–H and O–H groups in total. The van der Waals surface area contributed by atoms with Crippen LogP contribution in [0.15, 0.2) is 29.4 Å². The van der Waals surface area contributed by atoms with Gasteiger partial charge in [-0.15, -0.1) is 0 Å². The van der Waals surface area contributed by atoms with Gasteiger partial charge in [0.25, 0.3) is 0 Å². The van der Waals surface area contributed by atoms with Gasteiger partial charge in [-0.05, 0) is 17.5 Å². The van der Waals surface area contributed by atoms with Gasteiger partial charge >= 0.3 is 0 Å². The molecule has 0 unspecified atom stereocenters. The van der Waals surface area contributed by atoms with Crippen molar-refractivity contribution in [3.05, 3.63) is 29.8 Å². The SMILES string of the molecule is CC(C)(C)CC(=O)Nc1ccccc1/C(N)=N/O. The van der Waals surface area contributed by atoms with Crippen molar-refractivity contribution in [2.75, 3.05) is 5.32 Å². The van der Waals surface area contributed by atoms with E-state index < -0.39 is 0 Å². The average Bonchev–Trinajstić information content (AvgIpc) is 2.26. The van der Waals surface area contributed by atoms with Crippen LogP contribution < -0.4 is 11.1 Å². The van der Waals surface area contributed by atoms with E-state index in [0.717, 1.165) is 0 Å². The topological polar surface area (TPSA) is 87.7 Å². The van der Waals surface area contributed by atoms with E-state index in [1.165, 1.54) is 0 Å². The van der Waals surface area contributed by atoms with E-state index in [0.29, 0.717) is 17.7 Å². The number of nitrogens with one attached hydrogen (secondary N) is 1. The van der Waals surface area contributed by atoms with E-state index >= 15 is 0 Å². The lowest BCUT2D eigenvalue weighted by Gasteiger charge is -2.18. The summed E-state index contributed by atoms with van der Waals surface area (Å²) in [4.78, 5) is 11.8. The van der Waals surface area contributed by atoms with Gasteiger partial charge in [0.05, 0.1) is 5.69 Å². The summed E-state index contributed by atoms with van der Waals surface area (Å²) in [5.41, 5.74) is 6.50. The molecule has 0 radical (unpaired) electrons. The van der Waals surface area contributed by atoms with Crippen LogP contribution in [0.3, 0.4) is 0 Å². The Morgan fingerprint density at radius 3 is 2.56 bits per heavy atom. The number of nitrogens with zero attached hydrogens (tertiary/aromatic N) is 1. The molecule has 5 heteroatoms. The Hall–Kier alpha value is -2.04. The van der Waals surface area contributed by atoms with E-state index in [-0.39, 0.29) is 17.2 Å². The van der Waals surface area contributed by atoms with Crippen LogP contribution in [0, 0.1) is 5.41 Å². The lowest BCUT2D eigenvalue weighted by Crippen LogP contribution is -2.22. The van der Waals surface area contributed by atoms with E-state index in [1.54, 1.807) is 24.3 Å². The van der Waals surface area contributed by atoms with Crippen LogP contribution in [0.2, 0.25) is 0 Å². The van der Waals surface area contributed by atoms with Crippen LogP contribution in [-0.2, 0) is 4.79 Å². The van der Waals surface area contributed by atoms with Gasteiger partial charge in [0, 0.05) is 12.0 Å². The van der Waals surface area contributed by atoms with Crippen molar-refractivity contribution in [1.82, 2.24) is 0 Å². The Morgan fingerprint density at radius 1 is 1.39 bits per heavy atom. The molecule has 5 nitrogen and oxygen atoms in total. The minimum absolute atomic E-state index is 0.0262. The first-order valence-corrected chi connectivity index (χ1v) is 5.70. The number of nitrogens with two attached hydrogens (primary N) is 1. The smallest absolute Gasteiger partial charge is 0.224 e. The molecule has 1 aromatic rings. The van der Waals surface area contributed by atoms with Crippen molar-refractivity contribution in [2.24, 2.45) is 16.3 Å². The number of anilines is 1. The van der Waals surface area contributed by atoms with Crippen molar-refractivity contribution in [3.8, 4) is 0 Å². The third-order valence-corrected chi connectivity index (χ3v) is 2.28. The second-order valence-electron chi connectivity index (χ2n) is 5.32. The maximum Gasteiger partial charge on any atom is 0.224 e. The van der Waals surface area contributed by atoms with Crippen LogP contribution >= 0.6 is 0 Å². The molecule has 0 aliphatic carbocycles. The van der Waals surface area contributed by atoms with E-state index in [4.69, 9.17) is 10.9 Å². The van der Waals surface area contributed by atoms with Gasteiger partial charge in [-0.25, -0.2) is 0 Å².